The Morgan fingerprint density at radius 3 is 2.75 bits per heavy atom. The number of hydrogen-bond donors (Lipinski definition) is 1. The lowest BCUT2D eigenvalue weighted by atomic mass is 10.2. The van der Waals surface area contributed by atoms with Gasteiger partial charge in [-0.05, 0) is 24.5 Å². The van der Waals surface area contributed by atoms with Gasteiger partial charge in [-0.2, -0.15) is 13.2 Å². The number of aromatic nitrogens is 1. The molecule has 1 aromatic heterocycles. The molecular formula is C11H13F3N2. The zero-order valence-corrected chi connectivity index (χ0v) is 8.88. The van der Waals surface area contributed by atoms with Crippen molar-refractivity contribution in [3.63, 3.8) is 0 Å². The fourth-order valence-electron chi connectivity index (χ4n) is 1.67. The van der Waals surface area contributed by atoms with Crippen LogP contribution < -0.4 is 5.32 Å². The van der Waals surface area contributed by atoms with E-state index in [9.17, 15) is 13.2 Å². The van der Waals surface area contributed by atoms with Crippen molar-refractivity contribution in [1.29, 1.82) is 0 Å². The van der Waals surface area contributed by atoms with Crippen molar-refractivity contribution < 1.29 is 13.2 Å². The molecule has 1 heterocycles. The smallest absolute Gasteiger partial charge is 0.308 e. The van der Waals surface area contributed by atoms with Crippen LogP contribution in [0.15, 0.2) is 18.3 Å². The van der Waals surface area contributed by atoms with Crippen LogP contribution in [0.2, 0.25) is 0 Å². The van der Waals surface area contributed by atoms with E-state index in [0.29, 0.717) is 12.0 Å². The van der Waals surface area contributed by atoms with Gasteiger partial charge in [-0.25, -0.2) is 0 Å². The molecule has 1 fully saturated rings. The first-order valence-corrected chi connectivity index (χ1v) is 5.23. The molecule has 1 aromatic rings. The lowest BCUT2D eigenvalue weighted by molar-refractivity contribution is -0.138. The van der Waals surface area contributed by atoms with Crippen molar-refractivity contribution >= 4 is 0 Å². The number of halogens is 3. The third kappa shape index (κ3) is 2.52. The Morgan fingerprint density at radius 2 is 2.19 bits per heavy atom. The molecule has 1 N–H and O–H groups in total. The summed E-state index contributed by atoms with van der Waals surface area (Å²) >= 11 is 0. The second-order valence-corrected chi connectivity index (χ2v) is 4.20. The van der Waals surface area contributed by atoms with Gasteiger partial charge < -0.3 is 5.32 Å². The van der Waals surface area contributed by atoms with Crippen molar-refractivity contribution in [1.82, 2.24) is 10.3 Å². The molecule has 0 radical (unpaired) electrons. The maximum Gasteiger partial charge on any atom is 0.418 e. The van der Waals surface area contributed by atoms with Crippen LogP contribution in [0, 0.1) is 5.92 Å². The van der Waals surface area contributed by atoms with Gasteiger partial charge in [-0.3, -0.25) is 4.98 Å². The van der Waals surface area contributed by atoms with Gasteiger partial charge in [0.15, 0.2) is 0 Å². The molecule has 2 nitrogen and oxygen atoms in total. The first-order chi connectivity index (χ1) is 7.48. The number of hydrogen-bond acceptors (Lipinski definition) is 2. The topological polar surface area (TPSA) is 24.9 Å². The molecule has 0 amide bonds. The largest absolute Gasteiger partial charge is 0.418 e. The van der Waals surface area contributed by atoms with Gasteiger partial charge in [0.05, 0.1) is 11.3 Å². The average molecular weight is 230 g/mol. The van der Waals surface area contributed by atoms with E-state index in [1.54, 1.807) is 0 Å². The minimum absolute atomic E-state index is 0.0779. The summed E-state index contributed by atoms with van der Waals surface area (Å²) in [5, 5.41) is 3.07. The molecule has 16 heavy (non-hydrogen) atoms. The van der Waals surface area contributed by atoms with Crippen molar-refractivity contribution in [2.24, 2.45) is 5.92 Å². The standard InChI is InChI=1S/C11H13F3N2/c1-7-5-9(7)16-6-10-8(11(12,13)14)3-2-4-15-10/h2-4,7,9,16H,5-6H2,1H3. The molecule has 0 bridgehead atoms. The molecular weight excluding hydrogens is 217 g/mol. The summed E-state index contributed by atoms with van der Waals surface area (Å²) < 4.78 is 37.8. The highest BCUT2D eigenvalue weighted by atomic mass is 19.4. The Morgan fingerprint density at radius 1 is 1.50 bits per heavy atom. The summed E-state index contributed by atoms with van der Waals surface area (Å²) in [6, 6.07) is 2.73. The van der Waals surface area contributed by atoms with Gasteiger partial charge >= 0.3 is 6.18 Å². The Balaban J connectivity index is 2.07. The normalized spacial score (nSPS) is 24.5. The molecule has 0 aromatic carbocycles. The zero-order valence-electron chi connectivity index (χ0n) is 8.88. The van der Waals surface area contributed by atoms with Crippen LogP contribution in [0.25, 0.3) is 0 Å². The third-order valence-corrected chi connectivity index (χ3v) is 2.84. The second-order valence-electron chi connectivity index (χ2n) is 4.20. The van der Waals surface area contributed by atoms with Crippen LogP contribution in [0.3, 0.4) is 0 Å². The number of rotatable bonds is 3. The molecule has 2 atom stereocenters. The minimum atomic E-state index is -4.32. The van der Waals surface area contributed by atoms with Crippen molar-refractivity contribution in [2.45, 2.75) is 32.1 Å². The van der Waals surface area contributed by atoms with Gasteiger partial charge in [0.1, 0.15) is 0 Å². The molecule has 2 unspecified atom stereocenters. The van der Waals surface area contributed by atoms with Crippen molar-refractivity contribution in [3.05, 3.63) is 29.6 Å². The predicted molar refractivity (Wildman–Crippen MR) is 53.6 cm³/mol. The Kier molecular flexibility index (Phi) is 2.88. The van der Waals surface area contributed by atoms with E-state index in [-0.39, 0.29) is 12.2 Å². The SMILES string of the molecule is CC1CC1NCc1ncccc1C(F)(F)F. The molecule has 88 valence electrons. The van der Waals surface area contributed by atoms with Crippen LogP contribution in [-0.2, 0) is 12.7 Å². The van der Waals surface area contributed by atoms with Crippen molar-refractivity contribution in [3.8, 4) is 0 Å². The lowest BCUT2D eigenvalue weighted by Crippen LogP contribution is -2.21. The Hall–Kier alpha value is -1.10. The molecule has 0 saturated heterocycles. The van der Waals surface area contributed by atoms with Gasteiger partial charge in [0.25, 0.3) is 0 Å². The summed E-state index contributed by atoms with van der Waals surface area (Å²) in [5.41, 5.74) is -0.565. The number of nitrogens with one attached hydrogen (secondary N) is 1. The Bertz CT molecular complexity index is 376. The van der Waals surface area contributed by atoms with Crippen molar-refractivity contribution in [2.75, 3.05) is 0 Å². The first-order valence-electron chi connectivity index (χ1n) is 5.23. The number of nitrogens with zero attached hydrogens (tertiary/aromatic N) is 1. The summed E-state index contributed by atoms with van der Waals surface area (Å²) in [6.07, 6.45) is -1.89. The van der Waals surface area contributed by atoms with Crippen LogP contribution in [0.5, 0.6) is 0 Å². The van der Waals surface area contributed by atoms with E-state index >= 15 is 0 Å². The van der Waals surface area contributed by atoms with Crippen LogP contribution in [-0.4, -0.2) is 11.0 Å². The second kappa shape index (κ2) is 4.05. The van der Waals surface area contributed by atoms with E-state index in [1.165, 1.54) is 12.3 Å². The number of pyridine rings is 1. The average Bonchev–Trinajstić information content (AvgIpc) is 2.91. The summed E-state index contributed by atoms with van der Waals surface area (Å²) in [6.45, 7) is 2.26. The van der Waals surface area contributed by atoms with E-state index in [0.717, 1.165) is 12.5 Å². The lowest BCUT2D eigenvalue weighted by Gasteiger charge is -2.11. The van der Waals surface area contributed by atoms with E-state index < -0.39 is 11.7 Å². The van der Waals surface area contributed by atoms with Gasteiger partial charge in [0, 0.05) is 18.8 Å². The fourth-order valence-corrected chi connectivity index (χ4v) is 1.67. The fraction of sp³-hybridized carbons (Fsp3) is 0.545. The minimum Gasteiger partial charge on any atom is -0.308 e. The zero-order chi connectivity index (χ0) is 11.8. The first kappa shape index (κ1) is 11.4. The highest BCUT2D eigenvalue weighted by molar-refractivity contribution is 5.23. The van der Waals surface area contributed by atoms with Crippen LogP contribution in [0.1, 0.15) is 24.6 Å². The van der Waals surface area contributed by atoms with Gasteiger partial charge in [0.2, 0.25) is 0 Å². The highest BCUT2D eigenvalue weighted by Crippen LogP contribution is 2.32. The van der Waals surface area contributed by atoms with Gasteiger partial charge in [-0.1, -0.05) is 6.92 Å². The molecule has 1 aliphatic carbocycles. The molecule has 1 aliphatic rings. The highest BCUT2D eigenvalue weighted by Gasteiger charge is 2.35. The van der Waals surface area contributed by atoms with Crippen LogP contribution in [0.4, 0.5) is 13.2 Å². The van der Waals surface area contributed by atoms with E-state index in [2.05, 4.69) is 17.2 Å². The van der Waals surface area contributed by atoms with Gasteiger partial charge in [-0.15, -0.1) is 0 Å². The summed E-state index contributed by atoms with van der Waals surface area (Å²) in [7, 11) is 0. The maximum atomic E-state index is 12.6. The predicted octanol–water partition coefficient (Wildman–Crippen LogP) is 2.60. The molecule has 5 heteroatoms. The van der Waals surface area contributed by atoms with Crippen LogP contribution >= 0.6 is 0 Å². The third-order valence-electron chi connectivity index (χ3n) is 2.84. The molecule has 0 aliphatic heterocycles. The maximum absolute atomic E-state index is 12.6. The monoisotopic (exact) mass is 230 g/mol. The number of alkyl halides is 3. The molecule has 2 rings (SSSR count). The van der Waals surface area contributed by atoms with E-state index in [1.807, 2.05) is 0 Å². The summed E-state index contributed by atoms with van der Waals surface area (Å²) in [5.74, 6) is 0.568. The summed E-state index contributed by atoms with van der Waals surface area (Å²) in [4.78, 5) is 3.79. The molecule has 1 saturated carbocycles. The van der Waals surface area contributed by atoms with E-state index in [4.69, 9.17) is 0 Å². The Labute approximate surface area is 91.9 Å². The molecule has 0 spiro atoms. The quantitative estimate of drug-likeness (QED) is 0.863.